The predicted octanol–water partition coefficient (Wildman–Crippen LogP) is 4.65. The fourth-order valence-corrected chi connectivity index (χ4v) is 6.73. The molecular weight excluding hydrogens is 674 g/mol. The minimum absolute atomic E-state index is 0.0975. The molecule has 14 heteroatoms. The molecule has 0 radical (unpaired) electrons. The zero-order valence-corrected chi connectivity index (χ0v) is 30.5. The van der Waals surface area contributed by atoms with Crippen LogP contribution in [0.2, 0.25) is 0 Å². The largest absolute Gasteiger partial charge is 0.465 e. The first kappa shape index (κ1) is 38.6. The minimum atomic E-state index is -1.05. The normalized spacial score (nSPS) is 16.1. The smallest absolute Gasteiger partial charge is 0.404 e. The number of carboxylic acid groups (broad SMARTS) is 1. The third-order valence-electron chi connectivity index (χ3n) is 9.95. The summed E-state index contributed by atoms with van der Waals surface area (Å²) in [6.45, 7) is 9.84. The van der Waals surface area contributed by atoms with Gasteiger partial charge < -0.3 is 31.3 Å². The van der Waals surface area contributed by atoms with Gasteiger partial charge in [-0.1, -0.05) is 44.2 Å². The number of hydrogen-bond acceptors (Lipinski definition) is 8. The molecule has 0 bridgehead atoms. The number of hydrogen-bond donors (Lipinski definition) is 6. The fraction of sp³-hybridized carbons (Fsp3) is 0.410. The van der Waals surface area contributed by atoms with E-state index in [2.05, 4.69) is 60.6 Å². The first-order valence-electron chi connectivity index (χ1n) is 18.3. The molecule has 4 amide bonds. The Kier molecular flexibility index (Phi) is 13.6. The number of benzene rings is 3. The van der Waals surface area contributed by atoms with Gasteiger partial charge in [0.1, 0.15) is 6.04 Å². The molecular formula is C39H49N9O5. The minimum Gasteiger partial charge on any atom is -0.465 e. The van der Waals surface area contributed by atoms with Gasteiger partial charge in [0.2, 0.25) is 17.6 Å². The first-order valence-corrected chi connectivity index (χ1v) is 18.3. The Morgan fingerprint density at radius 3 is 2.23 bits per heavy atom. The number of H-pyrrole nitrogens is 1. The van der Waals surface area contributed by atoms with Gasteiger partial charge in [0.25, 0.3) is 5.91 Å². The highest BCUT2D eigenvalue weighted by molar-refractivity contribution is 5.98. The summed E-state index contributed by atoms with van der Waals surface area (Å²) in [4.78, 5) is 53.2. The quantitative estimate of drug-likeness (QED) is 0.0954. The zero-order chi connectivity index (χ0) is 37.7. The van der Waals surface area contributed by atoms with E-state index in [0.29, 0.717) is 43.0 Å². The van der Waals surface area contributed by atoms with E-state index in [-0.39, 0.29) is 36.0 Å². The second-order valence-corrected chi connectivity index (χ2v) is 13.5. The molecule has 0 unspecified atom stereocenters. The van der Waals surface area contributed by atoms with Gasteiger partial charge in [-0.2, -0.15) is 5.21 Å². The molecule has 5 rings (SSSR count). The van der Waals surface area contributed by atoms with Crippen molar-refractivity contribution in [3.63, 3.8) is 0 Å². The van der Waals surface area contributed by atoms with E-state index in [1.807, 2.05) is 49.4 Å². The van der Waals surface area contributed by atoms with Crippen LogP contribution in [-0.4, -0.2) is 93.2 Å². The lowest BCUT2D eigenvalue weighted by molar-refractivity contribution is -0.130. The van der Waals surface area contributed by atoms with Gasteiger partial charge in [0, 0.05) is 48.8 Å². The lowest BCUT2D eigenvalue weighted by atomic mass is 9.81. The van der Waals surface area contributed by atoms with Crippen LogP contribution >= 0.6 is 0 Å². The molecule has 1 aliphatic carbocycles. The summed E-state index contributed by atoms with van der Waals surface area (Å²) in [5.74, 6) is -0.286. The van der Waals surface area contributed by atoms with Crippen LogP contribution in [0.3, 0.4) is 0 Å². The molecule has 6 N–H and O–H groups in total. The van der Waals surface area contributed by atoms with E-state index in [0.717, 1.165) is 60.3 Å². The Labute approximate surface area is 309 Å². The SMILES string of the molecule is CCN(CC)CCNC(=O)c1ccc(-c2ccc(C[C@H](NC(=O)C3CCC(CNC(=O)O)CC3)C(=O)Nc3ccc(-c4nn[nH]n4)cc3)cc2)c(C)c1. The van der Waals surface area contributed by atoms with Crippen molar-refractivity contribution in [3.8, 4) is 22.5 Å². The molecule has 1 atom stereocenters. The summed E-state index contributed by atoms with van der Waals surface area (Å²) in [5.41, 5.74) is 5.71. The predicted molar refractivity (Wildman–Crippen MR) is 202 cm³/mol. The van der Waals surface area contributed by atoms with Crippen LogP contribution in [0.4, 0.5) is 10.5 Å². The van der Waals surface area contributed by atoms with Crippen LogP contribution in [0, 0.1) is 18.8 Å². The van der Waals surface area contributed by atoms with Crippen molar-refractivity contribution in [1.82, 2.24) is 41.5 Å². The number of nitrogens with zero attached hydrogens (tertiary/aromatic N) is 4. The third-order valence-corrected chi connectivity index (χ3v) is 9.95. The number of aryl methyl sites for hydroxylation is 1. The molecule has 1 aliphatic rings. The van der Waals surface area contributed by atoms with Crippen molar-refractivity contribution in [2.24, 2.45) is 11.8 Å². The molecule has 1 heterocycles. The summed E-state index contributed by atoms with van der Waals surface area (Å²) in [7, 11) is 0. The molecule has 3 aromatic carbocycles. The summed E-state index contributed by atoms with van der Waals surface area (Å²) in [6.07, 6.45) is 1.91. The number of tetrazole rings is 1. The van der Waals surface area contributed by atoms with Gasteiger partial charge in [-0.05, 0) is 115 Å². The van der Waals surface area contributed by atoms with Crippen LogP contribution < -0.4 is 21.3 Å². The fourth-order valence-electron chi connectivity index (χ4n) is 6.73. The maximum absolute atomic E-state index is 13.7. The standard InChI is InChI=1S/C39H49N9O5/c1-4-48(5-2)21-20-40-36(49)31-16-19-33(25(3)22-31)28-10-6-26(7-11-28)23-34(43-37(50)30-12-8-27(9-13-30)24-41-39(52)53)38(51)42-32-17-14-29(15-18-32)35-44-46-47-45-35/h6-7,10-11,14-19,22,27,30,34,41H,4-5,8-9,12-13,20-21,23-24H2,1-3H3,(H,40,49)(H,42,51)(H,43,50)(H,52,53)(H,44,45,46,47)/t27?,30?,34-/m0/s1. The highest BCUT2D eigenvalue weighted by atomic mass is 16.4. The molecule has 0 spiro atoms. The van der Waals surface area contributed by atoms with E-state index in [1.54, 1.807) is 24.3 Å². The molecule has 14 nitrogen and oxygen atoms in total. The van der Waals surface area contributed by atoms with Crippen molar-refractivity contribution in [2.75, 3.05) is 38.0 Å². The molecule has 4 aromatic rings. The van der Waals surface area contributed by atoms with E-state index in [9.17, 15) is 19.2 Å². The zero-order valence-electron chi connectivity index (χ0n) is 30.5. The molecule has 280 valence electrons. The van der Waals surface area contributed by atoms with Gasteiger partial charge in [-0.15, -0.1) is 10.2 Å². The summed E-state index contributed by atoms with van der Waals surface area (Å²) in [5, 5.41) is 34.3. The number of anilines is 1. The van der Waals surface area contributed by atoms with Crippen LogP contribution in [-0.2, 0) is 16.0 Å². The number of rotatable bonds is 16. The number of amides is 4. The van der Waals surface area contributed by atoms with E-state index < -0.39 is 12.1 Å². The average Bonchev–Trinajstić information content (AvgIpc) is 3.71. The number of aromatic nitrogens is 4. The lowest BCUT2D eigenvalue weighted by Crippen LogP contribution is -2.48. The second kappa shape index (κ2) is 18.7. The van der Waals surface area contributed by atoms with Crippen LogP contribution in [0.15, 0.2) is 66.7 Å². The Hall–Kier alpha value is -5.63. The van der Waals surface area contributed by atoms with Crippen LogP contribution in [0.5, 0.6) is 0 Å². The Bertz CT molecular complexity index is 1820. The maximum atomic E-state index is 13.7. The Morgan fingerprint density at radius 2 is 1.60 bits per heavy atom. The highest BCUT2D eigenvalue weighted by Crippen LogP contribution is 2.29. The average molecular weight is 724 g/mol. The highest BCUT2D eigenvalue weighted by Gasteiger charge is 2.30. The second-order valence-electron chi connectivity index (χ2n) is 13.5. The first-order chi connectivity index (χ1) is 25.6. The van der Waals surface area contributed by atoms with Gasteiger partial charge in [0.15, 0.2) is 0 Å². The van der Waals surface area contributed by atoms with Gasteiger partial charge in [-0.3, -0.25) is 14.4 Å². The molecule has 1 aromatic heterocycles. The molecule has 1 fully saturated rings. The number of carbonyl (C=O) groups excluding carboxylic acids is 3. The van der Waals surface area contributed by atoms with Gasteiger partial charge in [-0.25, -0.2) is 4.79 Å². The topological polar surface area (TPSA) is 194 Å². The third kappa shape index (κ3) is 10.9. The van der Waals surface area contributed by atoms with Gasteiger partial charge in [0.05, 0.1) is 0 Å². The van der Waals surface area contributed by atoms with Crippen molar-refractivity contribution < 1.29 is 24.3 Å². The summed E-state index contributed by atoms with van der Waals surface area (Å²) >= 11 is 0. The van der Waals surface area contributed by atoms with Crippen LogP contribution in [0.1, 0.15) is 61.0 Å². The number of carbonyl (C=O) groups is 4. The van der Waals surface area contributed by atoms with E-state index in [1.165, 1.54) is 0 Å². The van der Waals surface area contributed by atoms with Crippen molar-refractivity contribution in [2.45, 2.75) is 58.9 Å². The summed E-state index contributed by atoms with van der Waals surface area (Å²) in [6, 6.07) is 19.8. The number of aromatic amines is 1. The molecule has 53 heavy (non-hydrogen) atoms. The van der Waals surface area contributed by atoms with E-state index >= 15 is 0 Å². The van der Waals surface area contributed by atoms with Crippen molar-refractivity contribution in [1.29, 1.82) is 0 Å². The maximum Gasteiger partial charge on any atom is 0.404 e. The monoisotopic (exact) mass is 723 g/mol. The van der Waals surface area contributed by atoms with Crippen molar-refractivity contribution in [3.05, 3.63) is 83.4 Å². The van der Waals surface area contributed by atoms with Crippen LogP contribution in [0.25, 0.3) is 22.5 Å². The van der Waals surface area contributed by atoms with E-state index in [4.69, 9.17) is 5.11 Å². The Morgan fingerprint density at radius 1 is 0.906 bits per heavy atom. The molecule has 0 saturated heterocycles. The molecule has 0 aliphatic heterocycles. The number of likely N-dealkylation sites (N-methyl/N-ethyl adjacent to an activating group) is 1. The number of nitrogens with one attached hydrogen (secondary N) is 5. The van der Waals surface area contributed by atoms with Crippen molar-refractivity contribution >= 4 is 29.5 Å². The van der Waals surface area contributed by atoms with Gasteiger partial charge >= 0.3 is 6.09 Å². The molecule has 1 saturated carbocycles. The summed E-state index contributed by atoms with van der Waals surface area (Å²) < 4.78 is 0. The lowest BCUT2D eigenvalue weighted by Gasteiger charge is -2.29. The Balaban J connectivity index is 1.25.